The van der Waals surface area contributed by atoms with Crippen molar-refractivity contribution in [3.8, 4) is 17.2 Å². The van der Waals surface area contributed by atoms with Gasteiger partial charge in [0.2, 0.25) is 11.7 Å². The molecule has 0 atom stereocenters. The van der Waals surface area contributed by atoms with Gasteiger partial charge in [0.25, 0.3) is 0 Å². The molecule has 0 saturated carbocycles. The Balaban J connectivity index is 1.40. The van der Waals surface area contributed by atoms with Gasteiger partial charge in [-0.2, -0.15) is 0 Å². The minimum absolute atomic E-state index is 0.0389. The van der Waals surface area contributed by atoms with E-state index in [1.54, 1.807) is 39.7 Å². The molecule has 0 unspecified atom stereocenters. The lowest BCUT2D eigenvalue weighted by Gasteiger charge is -2.34. The standard InChI is InChI=1S/C24H26N4O4/c1-30-20-14-17(15-21(31-2)24(20)32-3)8-9-23(29)28-12-10-27(11-13-28)22-16-25-18-6-4-5-7-19(18)26-22/h4-9,14-16H,10-13H2,1-3H3/b9-8+. The largest absolute Gasteiger partial charge is 0.493 e. The molecule has 0 aliphatic carbocycles. The summed E-state index contributed by atoms with van der Waals surface area (Å²) in [6, 6.07) is 11.4. The first kappa shape index (κ1) is 21.4. The Labute approximate surface area is 187 Å². The van der Waals surface area contributed by atoms with Crippen LogP contribution < -0.4 is 19.1 Å². The van der Waals surface area contributed by atoms with Crippen LogP contribution in [0.15, 0.2) is 48.7 Å². The number of amides is 1. The quantitative estimate of drug-likeness (QED) is 0.552. The molecule has 0 radical (unpaired) electrons. The van der Waals surface area contributed by atoms with Gasteiger partial charge in [0.15, 0.2) is 11.5 Å². The first-order valence-electron chi connectivity index (χ1n) is 10.4. The zero-order valence-electron chi connectivity index (χ0n) is 18.4. The fourth-order valence-corrected chi connectivity index (χ4v) is 3.73. The van der Waals surface area contributed by atoms with Gasteiger partial charge in [-0.25, -0.2) is 4.98 Å². The Kier molecular flexibility index (Phi) is 6.39. The molecular weight excluding hydrogens is 408 g/mol. The van der Waals surface area contributed by atoms with Crippen molar-refractivity contribution in [2.45, 2.75) is 0 Å². The summed E-state index contributed by atoms with van der Waals surface area (Å²) in [6.45, 7) is 2.65. The molecular formula is C24H26N4O4. The molecule has 8 heteroatoms. The summed E-state index contributed by atoms with van der Waals surface area (Å²) in [4.78, 5) is 25.9. The van der Waals surface area contributed by atoms with Crippen molar-refractivity contribution < 1.29 is 19.0 Å². The van der Waals surface area contributed by atoms with Gasteiger partial charge in [-0.1, -0.05) is 12.1 Å². The number of benzene rings is 2. The van der Waals surface area contributed by atoms with Crippen LogP contribution in [-0.2, 0) is 4.79 Å². The molecule has 8 nitrogen and oxygen atoms in total. The van der Waals surface area contributed by atoms with E-state index in [9.17, 15) is 4.79 Å². The number of carbonyl (C=O) groups is 1. The normalized spacial score (nSPS) is 14.1. The zero-order chi connectivity index (χ0) is 22.5. The monoisotopic (exact) mass is 434 g/mol. The van der Waals surface area contributed by atoms with E-state index in [0.717, 1.165) is 22.4 Å². The molecule has 1 aromatic heterocycles. The van der Waals surface area contributed by atoms with Crippen LogP contribution in [0.2, 0.25) is 0 Å². The second kappa shape index (κ2) is 9.55. The smallest absolute Gasteiger partial charge is 0.246 e. The Hall–Kier alpha value is -3.81. The van der Waals surface area contributed by atoms with Crippen molar-refractivity contribution >= 4 is 28.8 Å². The van der Waals surface area contributed by atoms with Crippen LogP contribution >= 0.6 is 0 Å². The number of anilines is 1. The van der Waals surface area contributed by atoms with Crippen LogP contribution in [-0.4, -0.2) is 68.3 Å². The lowest BCUT2D eigenvalue weighted by atomic mass is 10.1. The summed E-state index contributed by atoms with van der Waals surface area (Å²) in [7, 11) is 4.69. The first-order valence-corrected chi connectivity index (χ1v) is 10.4. The van der Waals surface area contributed by atoms with Crippen molar-refractivity contribution in [3.05, 3.63) is 54.2 Å². The second-order valence-corrected chi connectivity index (χ2v) is 7.32. The van der Waals surface area contributed by atoms with Crippen LogP contribution in [0.5, 0.6) is 17.2 Å². The van der Waals surface area contributed by atoms with Gasteiger partial charge in [-0.3, -0.25) is 9.78 Å². The molecule has 32 heavy (non-hydrogen) atoms. The summed E-state index contributed by atoms with van der Waals surface area (Å²) < 4.78 is 16.1. The van der Waals surface area contributed by atoms with Gasteiger partial charge in [0.05, 0.1) is 38.6 Å². The van der Waals surface area contributed by atoms with Gasteiger partial charge < -0.3 is 24.0 Å². The van der Waals surface area contributed by atoms with E-state index in [1.165, 1.54) is 0 Å². The van der Waals surface area contributed by atoms with E-state index in [4.69, 9.17) is 19.2 Å². The summed E-state index contributed by atoms with van der Waals surface area (Å²) in [5.74, 6) is 2.41. The molecule has 4 rings (SSSR count). The molecule has 0 spiro atoms. The zero-order valence-corrected chi connectivity index (χ0v) is 18.4. The summed E-state index contributed by atoms with van der Waals surface area (Å²) in [5, 5.41) is 0. The average molecular weight is 434 g/mol. The minimum Gasteiger partial charge on any atom is -0.493 e. The van der Waals surface area contributed by atoms with Crippen molar-refractivity contribution in [2.75, 3.05) is 52.4 Å². The highest BCUT2D eigenvalue weighted by Gasteiger charge is 2.21. The maximum Gasteiger partial charge on any atom is 0.246 e. The topological polar surface area (TPSA) is 77.0 Å². The molecule has 166 valence electrons. The van der Waals surface area contributed by atoms with Crippen molar-refractivity contribution in [2.24, 2.45) is 0 Å². The second-order valence-electron chi connectivity index (χ2n) is 7.32. The van der Waals surface area contributed by atoms with Crippen molar-refractivity contribution in [1.29, 1.82) is 0 Å². The van der Waals surface area contributed by atoms with E-state index in [1.807, 2.05) is 41.3 Å². The Morgan fingerprint density at radius 3 is 2.22 bits per heavy atom. The van der Waals surface area contributed by atoms with E-state index in [0.29, 0.717) is 43.4 Å². The molecule has 1 amide bonds. The molecule has 1 fully saturated rings. The number of aromatic nitrogens is 2. The maximum absolute atomic E-state index is 12.7. The lowest BCUT2D eigenvalue weighted by molar-refractivity contribution is -0.126. The highest BCUT2D eigenvalue weighted by molar-refractivity contribution is 5.92. The SMILES string of the molecule is COc1cc(/C=C/C(=O)N2CCN(c3cnc4ccccc4n3)CC2)cc(OC)c1OC. The van der Waals surface area contributed by atoms with Crippen LogP contribution in [0.1, 0.15) is 5.56 Å². The predicted octanol–water partition coefficient (Wildman–Crippen LogP) is 3.02. The van der Waals surface area contributed by atoms with Gasteiger partial charge in [-0.05, 0) is 35.9 Å². The van der Waals surface area contributed by atoms with Gasteiger partial charge >= 0.3 is 0 Å². The van der Waals surface area contributed by atoms with E-state index < -0.39 is 0 Å². The molecule has 0 bridgehead atoms. The minimum atomic E-state index is -0.0389. The first-order chi connectivity index (χ1) is 15.6. The Bertz CT molecular complexity index is 1110. The molecule has 2 heterocycles. The van der Waals surface area contributed by atoms with Gasteiger partial charge in [0, 0.05) is 32.3 Å². The average Bonchev–Trinajstić information content (AvgIpc) is 2.86. The van der Waals surface area contributed by atoms with Crippen LogP contribution in [0.25, 0.3) is 17.1 Å². The number of hydrogen-bond donors (Lipinski definition) is 0. The number of carbonyl (C=O) groups excluding carboxylic acids is 1. The molecule has 1 aliphatic rings. The van der Waals surface area contributed by atoms with Gasteiger partial charge in [-0.15, -0.1) is 0 Å². The summed E-state index contributed by atoms with van der Waals surface area (Å²) >= 11 is 0. The van der Waals surface area contributed by atoms with Crippen LogP contribution in [0.4, 0.5) is 5.82 Å². The Morgan fingerprint density at radius 2 is 1.59 bits per heavy atom. The third-order valence-electron chi connectivity index (χ3n) is 5.46. The fraction of sp³-hybridized carbons (Fsp3) is 0.292. The number of fused-ring (bicyclic) bond motifs is 1. The number of methoxy groups -OCH3 is 3. The van der Waals surface area contributed by atoms with Crippen LogP contribution in [0, 0.1) is 0 Å². The Morgan fingerprint density at radius 1 is 0.938 bits per heavy atom. The number of nitrogens with zero attached hydrogens (tertiary/aromatic N) is 4. The predicted molar refractivity (Wildman–Crippen MR) is 123 cm³/mol. The summed E-state index contributed by atoms with van der Waals surface area (Å²) in [6.07, 6.45) is 5.13. The van der Waals surface area contributed by atoms with Crippen molar-refractivity contribution in [3.63, 3.8) is 0 Å². The van der Waals surface area contributed by atoms with Crippen molar-refractivity contribution in [1.82, 2.24) is 14.9 Å². The highest BCUT2D eigenvalue weighted by Crippen LogP contribution is 2.38. The molecule has 0 N–H and O–H groups in total. The number of piperazine rings is 1. The number of hydrogen-bond acceptors (Lipinski definition) is 7. The van der Waals surface area contributed by atoms with Gasteiger partial charge in [0.1, 0.15) is 5.82 Å². The summed E-state index contributed by atoms with van der Waals surface area (Å²) in [5.41, 5.74) is 2.54. The van der Waals surface area contributed by atoms with Crippen LogP contribution in [0.3, 0.4) is 0 Å². The molecule has 1 saturated heterocycles. The fourth-order valence-electron chi connectivity index (χ4n) is 3.73. The molecule has 3 aromatic rings. The molecule has 1 aliphatic heterocycles. The number of rotatable bonds is 6. The number of para-hydroxylation sites is 2. The van der Waals surface area contributed by atoms with E-state index >= 15 is 0 Å². The third kappa shape index (κ3) is 4.44. The van der Waals surface area contributed by atoms with E-state index in [2.05, 4.69) is 9.88 Å². The maximum atomic E-state index is 12.7. The molecule has 2 aromatic carbocycles. The number of ether oxygens (including phenoxy) is 3. The third-order valence-corrected chi connectivity index (χ3v) is 5.46. The highest BCUT2D eigenvalue weighted by atomic mass is 16.5. The lowest BCUT2D eigenvalue weighted by Crippen LogP contribution is -2.48. The van der Waals surface area contributed by atoms with E-state index in [-0.39, 0.29) is 5.91 Å².